The predicted octanol–water partition coefficient (Wildman–Crippen LogP) is 1.92. The zero-order valence-electron chi connectivity index (χ0n) is 9.91. The Morgan fingerprint density at radius 1 is 1.32 bits per heavy atom. The second kappa shape index (κ2) is 5.83. The number of para-hydroxylation sites is 1. The Balaban J connectivity index is 2.08. The number of carboxylic acid groups (broad SMARTS) is 1. The summed E-state index contributed by atoms with van der Waals surface area (Å²) in [7, 11) is 0. The number of rotatable bonds is 5. The van der Waals surface area contributed by atoms with Gasteiger partial charge in [0, 0.05) is 0 Å². The fourth-order valence-electron chi connectivity index (χ4n) is 1.48. The van der Waals surface area contributed by atoms with Crippen molar-refractivity contribution in [3.05, 3.63) is 53.5 Å². The van der Waals surface area contributed by atoms with E-state index in [4.69, 9.17) is 14.6 Å². The summed E-state index contributed by atoms with van der Waals surface area (Å²) < 4.78 is 5.19. The van der Waals surface area contributed by atoms with Crippen LogP contribution in [-0.4, -0.2) is 22.4 Å². The molecule has 0 radical (unpaired) electrons. The lowest BCUT2D eigenvalue weighted by molar-refractivity contribution is 0.0698. The van der Waals surface area contributed by atoms with Crippen LogP contribution in [-0.2, 0) is 6.61 Å². The minimum absolute atomic E-state index is 0.134. The van der Waals surface area contributed by atoms with E-state index in [2.05, 4.69) is 10.5 Å². The molecule has 0 fully saturated rings. The average molecular weight is 260 g/mol. The maximum Gasteiger partial charge on any atom is 0.337 e. The molecule has 0 amide bonds. The third-order valence-corrected chi connectivity index (χ3v) is 2.37. The number of carbonyl (C=O) groups is 1. The van der Waals surface area contributed by atoms with Gasteiger partial charge in [-0.1, -0.05) is 12.1 Å². The van der Waals surface area contributed by atoms with Gasteiger partial charge < -0.3 is 14.6 Å². The molecular formula is C13H12N2O4. The number of benzene rings is 1. The number of furan rings is 1. The van der Waals surface area contributed by atoms with Crippen LogP contribution in [0, 0.1) is 0 Å². The van der Waals surface area contributed by atoms with Gasteiger partial charge in [-0.05, 0) is 24.3 Å². The van der Waals surface area contributed by atoms with Crippen molar-refractivity contribution < 1.29 is 19.4 Å². The highest BCUT2D eigenvalue weighted by Gasteiger charge is 2.07. The number of nitrogens with zero attached hydrogens (tertiary/aromatic N) is 1. The molecule has 0 bridgehead atoms. The number of carboxylic acids is 1. The molecule has 3 N–H and O–H groups in total. The van der Waals surface area contributed by atoms with Crippen LogP contribution in [0.4, 0.5) is 5.69 Å². The van der Waals surface area contributed by atoms with Crippen molar-refractivity contribution in [2.45, 2.75) is 6.61 Å². The first-order valence-electron chi connectivity index (χ1n) is 5.51. The van der Waals surface area contributed by atoms with Crippen LogP contribution in [0.1, 0.15) is 21.9 Å². The smallest absolute Gasteiger partial charge is 0.337 e. The van der Waals surface area contributed by atoms with E-state index in [0.29, 0.717) is 17.2 Å². The number of hydrogen-bond acceptors (Lipinski definition) is 5. The summed E-state index contributed by atoms with van der Waals surface area (Å²) in [6, 6.07) is 9.73. The first-order valence-corrected chi connectivity index (χ1v) is 5.51. The van der Waals surface area contributed by atoms with Gasteiger partial charge in [-0.25, -0.2) is 4.79 Å². The SMILES string of the molecule is O=C(O)c1ccccc1N/N=C/c1ccc(CO)o1. The van der Waals surface area contributed by atoms with Gasteiger partial charge >= 0.3 is 5.97 Å². The van der Waals surface area contributed by atoms with Gasteiger partial charge in [-0.2, -0.15) is 5.10 Å². The molecule has 6 nitrogen and oxygen atoms in total. The van der Waals surface area contributed by atoms with Crippen molar-refractivity contribution in [1.82, 2.24) is 0 Å². The van der Waals surface area contributed by atoms with Gasteiger partial charge in [-0.3, -0.25) is 5.43 Å². The van der Waals surface area contributed by atoms with Gasteiger partial charge in [0.05, 0.1) is 17.5 Å². The van der Waals surface area contributed by atoms with Crippen molar-refractivity contribution in [3.63, 3.8) is 0 Å². The average Bonchev–Trinajstić information content (AvgIpc) is 2.87. The number of hydrogen-bond donors (Lipinski definition) is 3. The molecule has 1 heterocycles. The van der Waals surface area contributed by atoms with Gasteiger partial charge in [0.25, 0.3) is 0 Å². The molecule has 0 aliphatic rings. The molecule has 0 aliphatic heterocycles. The maximum absolute atomic E-state index is 11.0. The predicted molar refractivity (Wildman–Crippen MR) is 69.2 cm³/mol. The molecule has 0 unspecified atom stereocenters. The summed E-state index contributed by atoms with van der Waals surface area (Å²) in [6.07, 6.45) is 1.40. The van der Waals surface area contributed by atoms with E-state index >= 15 is 0 Å². The molecule has 19 heavy (non-hydrogen) atoms. The van der Waals surface area contributed by atoms with Crippen molar-refractivity contribution in [2.75, 3.05) is 5.43 Å². The largest absolute Gasteiger partial charge is 0.478 e. The molecule has 0 spiro atoms. The van der Waals surface area contributed by atoms with Crippen molar-refractivity contribution in [3.8, 4) is 0 Å². The van der Waals surface area contributed by atoms with Crippen LogP contribution >= 0.6 is 0 Å². The summed E-state index contributed by atoms with van der Waals surface area (Å²) >= 11 is 0. The fraction of sp³-hybridized carbons (Fsp3) is 0.0769. The van der Waals surface area contributed by atoms with E-state index in [1.165, 1.54) is 12.3 Å². The van der Waals surface area contributed by atoms with Gasteiger partial charge in [0.1, 0.15) is 18.1 Å². The molecule has 1 aromatic heterocycles. The number of nitrogens with one attached hydrogen (secondary N) is 1. The number of aliphatic hydroxyl groups excluding tert-OH is 1. The normalized spacial score (nSPS) is 10.8. The lowest BCUT2D eigenvalue weighted by atomic mass is 10.2. The summed E-state index contributed by atoms with van der Waals surface area (Å²) in [6.45, 7) is -0.177. The maximum atomic E-state index is 11.0. The number of anilines is 1. The van der Waals surface area contributed by atoms with Crippen molar-refractivity contribution in [2.24, 2.45) is 5.10 Å². The van der Waals surface area contributed by atoms with Crippen molar-refractivity contribution >= 4 is 17.9 Å². The third kappa shape index (κ3) is 3.20. The quantitative estimate of drug-likeness (QED) is 0.564. The van der Waals surface area contributed by atoms with Crippen molar-refractivity contribution in [1.29, 1.82) is 0 Å². The Labute approximate surface area is 109 Å². The molecule has 98 valence electrons. The van der Waals surface area contributed by atoms with E-state index in [0.717, 1.165) is 0 Å². The van der Waals surface area contributed by atoms with Crippen LogP contribution in [0.3, 0.4) is 0 Å². The molecule has 0 saturated carbocycles. The highest BCUT2D eigenvalue weighted by Crippen LogP contribution is 2.14. The summed E-state index contributed by atoms with van der Waals surface area (Å²) in [5, 5.41) is 21.7. The second-order valence-corrected chi connectivity index (χ2v) is 3.68. The van der Waals surface area contributed by atoms with Crippen LogP contribution < -0.4 is 5.43 Å². The van der Waals surface area contributed by atoms with E-state index in [1.54, 1.807) is 30.3 Å². The first kappa shape index (κ1) is 12.8. The summed E-state index contributed by atoms with van der Waals surface area (Å²) in [5.74, 6) is -0.129. The molecule has 1 aromatic carbocycles. The zero-order valence-corrected chi connectivity index (χ0v) is 9.91. The van der Waals surface area contributed by atoms with E-state index in [-0.39, 0.29) is 12.2 Å². The lowest BCUT2D eigenvalue weighted by Crippen LogP contribution is -2.01. The Morgan fingerprint density at radius 3 is 2.79 bits per heavy atom. The fourth-order valence-corrected chi connectivity index (χ4v) is 1.48. The lowest BCUT2D eigenvalue weighted by Gasteiger charge is -2.03. The molecule has 0 saturated heterocycles. The molecule has 2 aromatic rings. The Morgan fingerprint density at radius 2 is 2.11 bits per heavy atom. The number of aliphatic hydroxyl groups is 1. The van der Waals surface area contributed by atoms with E-state index in [1.807, 2.05) is 0 Å². The monoisotopic (exact) mass is 260 g/mol. The molecular weight excluding hydrogens is 248 g/mol. The van der Waals surface area contributed by atoms with Crippen LogP contribution in [0.5, 0.6) is 0 Å². The van der Waals surface area contributed by atoms with E-state index < -0.39 is 5.97 Å². The van der Waals surface area contributed by atoms with Gasteiger partial charge in [0.15, 0.2) is 0 Å². The summed E-state index contributed by atoms with van der Waals surface area (Å²) in [5.41, 5.74) is 3.16. The Kier molecular flexibility index (Phi) is 3.94. The molecule has 0 atom stereocenters. The van der Waals surface area contributed by atoms with Crippen LogP contribution in [0.2, 0.25) is 0 Å². The molecule has 6 heteroatoms. The van der Waals surface area contributed by atoms with E-state index in [9.17, 15) is 4.79 Å². The highest BCUT2D eigenvalue weighted by molar-refractivity contribution is 5.94. The third-order valence-electron chi connectivity index (χ3n) is 2.37. The van der Waals surface area contributed by atoms with Crippen LogP contribution in [0.15, 0.2) is 45.9 Å². The highest BCUT2D eigenvalue weighted by atomic mass is 16.4. The summed E-state index contributed by atoms with van der Waals surface area (Å²) in [4.78, 5) is 11.0. The molecule has 2 rings (SSSR count). The topological polar surface area (TPSA) is 95.1 Å². The second-order valence-electron chi connectivity index (χ2n) is 3.68. The Hall–Kier alpha value is -2.60. The first-order chi connectivity index (χ1) is 9.20. The number of aromatic carboxylic acids is 1. The molecule has 0 aliphatic carbocycles. The standard InChI is InChI=1S/C13H12N2O4/c16-8-10-6-5-9(19-10)7-14-15-12-4-2-1-3-11(12)13(17)18/h1-7,15-16H,8H2,(H,17,18)/b14-7+. The van der Waals surface area contributed by atoms with Gasteiger partial charge in [-0.15, -0.1) is 0 Å². The minimum Gasteiger partial charge on any atom is -0.478 e. The number of hydrazone groups is 1. The van der Waals surface area contributed by atoms with Crippen LogP contribution in [0.25, 0.3) is 0 Å². The zero-order chi connectivity index (χ0) is 13.7. The minimum atomic E-state index is -1.03. The Bertz CT molecular complexity index is 604. The van der Waals surface area contributed by atoms with Gasteiger partial charge in [0.2, 0.25) is 0 Å².